The molecular formula is C16H30N4O. The van der Waals surface area contributed by atoms with Crippen molar-refractivity contribution >= 4 is 0 Å². The van der Waals surface area contributed by atoms with Crippen LogP contribution >= 0.6 is 0 Å². The zero-order chi connectivity index (χ0) is 15.1. The molecule has 1 aliphatic rings. The Balaban J connectivity index is 1.88. The third kappa shape index (κ3) is 4.80. The van der Waals surface area contributed by atoms with Gasteiger partial charge in [0, 0.05) is 51.0 Å². The fourth-order valence-corrected chi connectivity index (χ4v) is 3.32. The minimum atomic E-state index is 0.622. The number of methoxy groups -OCH3 is 1. The topological polar surface area (TPSA) is 53.2 Å². The Bertz CT molecular complexity index is 399. The van der Waals surface area contributed by atoms with Crippen LogP contribution in [0.25, 0.3) is 0 Å². The van der Waals surface area contributed by atoms with Gasteiger partial charge in [0.2, 0.25) is 0 Å². The molecule has 5 heteroatoms. The van der Waals surface area contributed by atoms with Gasteiger partial charge in [0.05, 0.1) is 5.69 Å². The number of H-pyrrole nitrogens is 1. The third-order valence-electron chi connectivity index (χ3n) is 4.57. The van der Waals surface area contributed by atoms with E-state index in [0.29, 0.717) is 5.92 Å². The van der Waals surface area contributed by atoms with Crippen LogP contribution in [0.3, 0.4) is 0 Å². The van der Waals surface area contributed by atoms with E-state index in [4.69, 9.17) is 4.74 Å². The lowest BCUT2D eigenvalue weighted by Crippen LogP contribution is -2.27. The van der Waals surface area contributed by atoms with E-state index in [-0.39, 0.29) is 0 Å². The summed E-state index contributed by atoms with van der Waals surface area (Å²) in [6, 6.07) is 0. The lowest BCUT2D eigenvalue weighted by molar-refractivity contribution is 0.126. The van der Waals surface area contributed by atoms with Crippen LogP contribution in [-0.4, -0.2) is 56.0 Å². The first-order chi connectivity index (χ1) is 10.2. The molecule has 0 aromatic carbocycles. The molecule has 0 amide bonds. The lowest BCUT2D eigenvalue weighted by Gasteiger charge is -2.28. The number of nitrogens with one attached hydrogen (secondary N) is 2. The minimum absolute atomic E-state index is 0.622. The smallest absolute Gasteiger partial charge is 0.0697 e. The lowest BCUT2D eigenvalue weighted by atomic mass is 9.80. The predicted octanol–water partition coefficient (Wildman–Crippen LogP) is 1.98. The SMILES string of the molecule is CNCCN(C)Cc1c[nH]nc1[C@H]1CC[C@@H](COC)CC1. The Morgan fingerprint density at radius 1 is 1.38 bits per heavy atom. The summed E-state index contributed by atoms with van der Waals surface area (Å²) in [5.74, 6) is 1.36. The van der Waals surface area contributed by atoms with Crippen molar-refractivity contribution in [3.05, 3.63) is 17.5 Å². The Morgan fingerprint density at radius 2 is 2.14 bits per heavy atom. The second-order valence-corrected chi connectivity index (χ2v) is 6.31. The van der Waals surface area contributed by atoms with Gasteiger partial charge in [-0.25, -0.2) is 0 Å². The third-order valence-corrected chi connectivity index (χ3v) is 4.57. The van der Waals surface area contributed by atoms with Crippen molar-refractivity contribution in [2.45, 2.75) is 38.1 Å². The molecule has 1 aliphatic carbocycles. The van der Waals surface area contributed by atoms with Crippen LogP contribution in [0, 0.1) is 5.92 Å². The maximum atomic E-state index is 5.29. The van der Waals surface area contributed by atoms with E-state index in [1.54, 1.807) is 7.11 Å². The second-order valence-electron chi connectivity index (χ2n) is 6.31. The Labute approximate surface area is 128 Å². The fourth-order valence-electron chi connectivity index (χ4n) is 3.32. The van der Waals surface area contributed by atoms with Crippen molar-refractivity contribution < 1.29 is 4.74 Å². The van der Waals surface area contributed by atoms with Crippen LogP contribution in [0.15, 0.2) is 6.20 Å². The normalized spacial score (nSPS) is 22.9. The predicted molar refractivity (Wildman–Crippen MR) is 85.4 cm³/mol. The number of aromatic nitrogens is 2. The van der Waals surface area contributed by atoms with Crippen LogP contribution in [-0.2, 0) is 11.3 Å². The highest BCUT2D eigenvalue weighted by molar-refractivity contribution is 5.21. The molecule has 1 aromatic heterocycles. The van der Waals surface area contributed by atoms with Crippen LogP contribution < -0.4 is 5.32 Å². The van der Waals surface area contributed by atoms with E-state index in [0.717, 1.165) is 32.2 Å². The highest BCUT2D eigenvalue weighted by Crippen LogP contribution is 2.36. The first kappa shape index (κ1) is 16.5. The van der Waals surface area contributed by atoms with Gasteiger partial charge in [-0.2, -0.15) is 5.10 Å². The molecule has 0 aliphatic heterocycles. The molecule has 1 fully saturated rings. The Morgan fingerprint density at radius 3 is 2.81 bits per heavy atom. The van der Waals surface area contributed by atoms with Crippen molar-refractivity contribution in [3.8, 4) is 0 Å². The van der Waals surface area contributed by atoms with Gasteiger partial charge in [-0.3, -0.25) is 5.10 Å². The molecule has 0 radical (unpaired) electrons. The van der Waals surface area contributed by atoms with Crippen molar-refractivity contribution in [2.75, 3.05) is 40.9 Å². The standard InChI is InChI=1S/C16H30N4O/c1-17-8-9-20(2)11-15-10-18-19-16(15)14-6-4-13(5-7-14)12-21-3/h10,13-14,17H,4-9,11-12H2,1-3H3,(H,18,19)/t13-,14+. The maximum Gasteiger partial charge on any atom is 0.0697 e. The summed E-state index contributed by atoms with van der Waals surface area (Å²) >= 11 is 0. The van der Waals surface area contributed by atoms with Gasteiger partial charge in [-0.15, -0.1) is 0 Å². The van der Waals surface area contributed by atoms with Crippen LogP contribution in [0.2, 0.25) is 0 Å². The summed E-state index contributed by atoms with van der Waals surface area (Å²) in [7, 11) is 5.97. The molecular weight excluding hydrogens is 264 g/mol. The molecule has 0 atom stereocenters. The second kappa shape index (κ2) is 8.51. The van der Waals surface area contributed by atoms with E-state index >= 15 is 0 Å². The number of ether oxygens (including phenoxy) is 1. The summed E-state index contributed by atoms with van der Waals surface area (Å²) in [4.78, 5) is 2.35. The average molecular weight is 294 g/mol. The molecule has 0 unspecified atom stereocenters. The number of hydrogen-bond donors (Lipinski definition) is 2. The molecule has 21 heavy (non-hydrogen) atoms. The highest BCUT2D eigenvalue weighted by atomic mass is 16.5. The summed E-state index contributed by atoms with van der Waals surface area (Å²) < 4.78 is 5.29. The molecule has 1 saturated carbocycles. The molecule has 2 rings (SSSR count). The Hall–Kier alpha value is -0.910. The number of likely N-dealkylation sites (N-methyl/N-ethyl adjacent to an activating group) is 2. The summed E-state index contributed by atoms with van der Waals surface area (Å²) in [5, 5.41) is 10.8. The van der Waals surface area contributed by atoms with E-state index in [1.807, 2.05) is 7.05 Å². The number of hydrogen-bond acceptors (Lipinski definition) is 4. The number of rotatable bonds is 8. The zero-order valence-corrected chi connectivity index (χ0v) is 13.7. The fraction of sp³-hybridized carbons (Fsp3) is 0.812. The van der Waals surface area contributed by atoms with Gasteiger partial charge in [-0.1, -0.05) is 0 Å². The van der Waals surface area contributed by atoms with E-state index in [9.17, 15) is 0 Å². The first-order valence-electron chi connectivity index (χ1n) is 8.09. The van der Waals surface area contributed by atoms with Gasteiger partial charge in [0.25, 0.3) is 0 Å². The van der Waals surface area contributed by atoms with E-state index < -0.39 is 0 Å². The average Bonchev–Trinajstić information content (AvgIpc) is 2.94. The Kier molecular flexibility index (Phi) is 6.67. The molecule has 5 nitrogen and oxygen atoms in total. The monoisotopic (exact) mass is 294 g/mol. The molecule has 2 N–H and O–H groups in total. The number of aromatic amines is 1. The van der Waals surface area contributed by atoms with Crippen molar-refractivity contribution in [3.63, 3.8) is 0 Å². The minimum Gasteiger partial charge on any atom is -0.384 e. The van der Waals surface area contributed by atoms with Crippen molar-refractivity contribution in [1.29, 1.82) is 0 Å². The summed E-state index contributed by atoms with van der Waals surface area (Å²) in [6.45, 7) is 3.96. The van der Waals surface area contributed by atoms with Gasteiger partial charge >= 0.3 is 0 Å². The van der Waals surface area contributed by atoms with Crippen LogP contribution in [0.4, 0.5) is 0 Å². The molecule has 0 saturated heterocycles. The van der Waals surface area contributed by atoms with Gasteiger partial charge in [-0.05, 0) is 45.7 Å². The van der Waals surface area contributed by atoms with Gasteiger partial charge in [0.15, 0.2) is 0 Å². The number of nitrogens with zero attached hydrogens (tertiary/aromatic N) is 2. The summed E-state index contributed by atoms with van der Waals surface area (Å²) in [6.07, 6.45) is 7.09. The van der Waals surface area contributed by atoms with E-state index in [2.05, 4.69) is 33.7 Å². The summed E-state index contributed by atoms with van der Waals surface area (Å²) in [5.41, 5.74) is 2.66. The quantitative estimate of drug-likeness (QED) is 0.770. The molecule has 0 bridgehead atoms. The highest BCUT2D eigenvalue weighted by Gasteiger charge is 2.25. The van der Waals surface area contributed by atoms with Crippen molar-refractivity contribution in [1.82, 2.24) is 20.4 Å². The van der Waals surface area contributed by atoms with Gasteiger partial charge in [0.1, 0.15) is 0 Å². The molecule has 1 aromatic rings. The maximum absolute atomic E-state index is 5.29. The van der Waals surface area contributed by atoms with Crippen LogP contribution in [0.1, 0.15) is 42.9 Å². The van der Waals surface area contributed by atoms with Crippen LogP contribution in [0.5, 0.6) is 0 Å². The molecule has 120 valence electrons. The van der Waals surface area contributed by atoms with Crippen molar-refractivity contribution in [2.24, 2.45) is 5.92 Å². The van der Waals surface area contributed by atoms with E-state index in [1.165, 1.54) is 36.9 Å². The van der Waals surface area contributed by atoms with Gasteiger partial charge < -0.3 is 15.0 Å². The molecule has 1 heterocycles. The zero-order valence-electron chi connectivity index (χ0n) is 13.7. The largest absolute Gasteiger partial charge is 0.384 e. The molecule has 0 spiro atoms. The first-order valence-corrected chi connectivity index (χ1v) is 8.09.